The number of barbiturate groups is 1. The van der Waals surface area contributed by atoms with Gasteiger partial charge in [-0.25, -0.2) is 9.69 Å². The number of hydrogen-bond donors (Lipinski definition) is 1. The first kappa shape index (κ1) is 28.9. The molecule has 208 valence electrons. The molecule has 1 heterocycles. The van der Waals surface area contributed by atoms with Crippen LogP contribution in [0, 0.1) is 6.92 Å². The van der Waals surface area contributed by atoms with Gasteiger partial charge in [-0.1, -0.05) is 43.7 Å². The number of imide groups is 2. The van der Waals surface area contributed by atoms with Crippen molar-refractivity contribution in [1.82, 2.24) is 5.32 Å². The molecule has 0 radical (unpaired) electrons. The SMILES string of the molecule is CCC(C)c1ccc(OCCOc2c(Br)cc(/C=C3/C(=O)NC(=O)N(c4ccc(C)cc4)C3=O)cc2OC)cc1. The fraction of sp³-hybridized carbons (Fsp3) is 0.258. The van der Waals surface area contributed by atoms with Gasteiger partial charge in [-0.3, -0.25) is 14.9 Å². The molecule has 1 atom stereocenters. The number of ether oxygens (including phenoxy) is 3. The number of methoxy groups -OCH3 is 1. The summed E-state index contributed by atoms with van der Waals surface area (Å²) < 4.78 is 17.8. The van der Waals surface area contributed by atoms with Crippen molar-refractivity contribution in [2.24, 2.45) is 0 Å². The zero-order valence-corrected chi connectivity index (χ0v) is 24.4. The number of nitrogens with one attached hydrogen (secondary N) is 1. The Morgan fingerprint density at radius 3 is 2.30 bits per heavy atom. The van der Waals surface area contributed by atoms with Crippen molar-refractivity contribution in [3.05, 3.63) is 87.4 Å². The molecule has 0 aliphatic carbocycles. The van der Waals surface area contributed by atoms with Gasteiger partial charge in [-0.05, 0) is 88.8 Å². The van der Waals surface area contributed by atoms with Crippen molar-refractivity contribution in [1.29, 1.82) is 0 Å². The van der Waals surface area contributed by atoms with E-state index in [1.165, 1.54) is 18.7 Å². The number of rotatable bonds is 10. The van der Waals surface area contributed by atoms with Crippen LogP contribution in [0.15, 0.2) is 70.7 Å². The van der Waals surface area contributed by atoms with Gasteiger partial charge < -0.3 is 14.2 Å². The van der Waals surface area contributed by atoms with E-state index >= 15 is 0 Å². The number of anilines is 1. The molecular formula is C31H31BrN2O6. The van der Waals surface area contributed by atoms with E-state index in [-0.39, 0.29) is 12.2 Å². The Morgan fingerprint density at radius 2 is 1.65 bits per heavy atom. The summed E-state index contributed by atoms with van der Waals surface area (Å²) in [5, 5.41) is 2.23. The van der Waals surface area contributed by atoms with Crippen molar-refractivity contribution >= 4 is 45.5 Å². The third-order valence-electron chi connectivity index (χ3n) is 6.62. The van der Waals surface area contributed by atoms with Crippen molar-refractivity contribution in [3.8, 4) is 17.2 Å². The predicted octanol–water partition coefficient (Wildman–Crippen LogP) is 6.40. The van der Waals surface area contributed by atoms with Crippen LogP contribution in [-0.4, -0.2) is 38.2 Å². The van der Waals surface area contributed by atoms with Gasteiger partial charge in [-0.2, -0.15) is 0 Å². The van der Waals surface area contributed by atoms with E-state index in [1.807, 2.05) is 19.1 Å². The summed E-state index contributed by atoms with van der Waals surface area (Å²) in [6, 6.07) is 17.5. The first-order valence-electron chi connectivity index (χ1n) is 12.9. The first-order chi connectivity index (χ1) is 19.2. The van der Waals surface area contributed by atoms with Gasteiger partial charge in [0.15, 0.2) is 11.5 Å². The Kier molecular flexibility index (Phi) is 9.26. The Labute approximate surface area is 242 Å². The minimum absolute atomic E-state index is 0.185. The highest BCUT2D eigenvalue weighted by molar-refractivity contribution is 9.10. The molecule has 1 aliphatic heterocycles. The molecule has 1 saturated heterocycles. The highest BCUT2D eigenvalue weighted by atomic mass is 79.9. The van der Waals surface area contributed by atoms with Crippen LogP contribution >= 0.6 is 15.9 Å². The van der Waals surface area contributed by atoms with Crippen LogP contribution in [0.2, 0.25) is 0 Å². The Morgan fingerprint density at radius 1 is 0.975 bits per heavy atom. The lowest BCUT2D eigenvalue weighted by Gasteiger charge is -2.26. The molecule has 9 heteroatoms. The summed E-state index contributed by atoms with van der Waals surface area (Å²) in [5.41, 5.74) is 2.93. The minimum Gasteiger partial charge on any atom is -0.493 e. The standard InChI is InChI=1S/C31H31BrN2O6/c1-5-20(3)22-8-12-24(13-9-22)39-14-15-40-28-26(32)17-21(18-27(28)38-4)16-25-29(35)33-31(37)34(30(25)36)23-10-6-19(2)7-11-23/h6-13,16-18,20H,5,14-15H2,1-4H3,(H,33,35,37)/b25-16-. The summed E-state index contributed by atoms with van der Waals surface area (Å²) in [7, 11) is 1.50. The molecule has 0 aromatic heterocycles. The molecule has 0 saturated carbocycles. The predicted molar refractivity (Wildman–Crippen MR) is 157 cm³/mol. The lowest BCUT2D eigenvalue weighted by Crippen LogP contribution is -2.54. The molecule has 1 aliphatic rings. The number of amides is 4. The fourth-order valence-corrected chi connectivity index (χ4v) is 4.72. The summed E-state index contributed by atoms with van der Waals surface area (Å²) in [6.45, 7) is 6.84. The monoisotopic (exact) mass is 606 g/mol. The van der Waals surface area contributed by atoms with Gasteiger partial charge in [0.1, 0.15) is 24.5 Å². The second-order valence-corrected chi connectivity index (χ2v) is 10.3. The largest absolute Gasteiger partial charge is 0.493 e. The van der Waals surface area contributed by atoms with Crippen molar-refractivity contribution < 1.29 is 28.6 Å². The molecule has 3 aromatic rings. The zero-order chi connectivity index (χ0) is 28.8. The van der Waals surface area contributed by atoms with Crippen LogP contribution in [0.1, 0.15) is 42.9 Å². The van der Waals surface area contributed by atoms with Crippen LogP contribution in [0.5, 0.6) is 17.2 Å². The first-order valence-corrected chi connectivity index (χ1v) is 13.7. The quantitative estimate of drug-likeness (QED) is 0.163. The summed E-state index contributed by atoms with van der Waals surface area (Å²) in [4.78, 5) is 39.2. The van der Waals surface area contributed by atoms with Crippen LogP contribution in [0.3, 0.4) is 0 Å². The van der Waals surface area contributed by atoms with Crippen molar-refractivity contribution in [2.45, 2.75) is 33.1 Å². The molecule has 0 bridgehead atoms. The number of carbonyl (C=O) groups is 3. The second kappa shape index (κ2) is 12.8. The topological polar surface area (TPSA) is 94.2 Å². The molecule has 1 N–H and O–H groups in total. The van der Waals surface area contributed by atoms with E-state index < -0.39 is 17.8 Å². The van der Waals surface area contributed by atoms with E-state index in [2.05, 4.69) is 47.2 Å². The molecule has 3 aromatic carbocycles. The Bertz CT molecular complexity index is 1430. The third kappa shape index (κ3) is 6.54. The van der Waals surface area contributed by atoms with Crippen LogP contribution in [-0.2, 0) is 9.59 Å². The molecule has 8 nitrogen and oxygen atoms in total. The average molecular weight is 608 g/mol. The maximum Gasteiger partial charge on any atom is 0.335 e. The van der Waals surface area contributed by atoms with Crippen molar-refractivity contribution in [3.63, 3.8) is 0 Å². The van der Waals surface area contributed by atoms with Crippen molar-refractivity contribution in [2.75, 3.05) is 25.2 Å². The second-order valence-electron chi connectivity index (χ2n) is 9.40. The fourth-order valence-electron chi connectivity index (χ4n) is 4.15. The smallest absolute Gasteiger partial charge is 0.335 e. The summed E-state index contributed by atoms with van der Waals surface area (Å²) >= 11 is 3.50. The maximum absolute atomic E-state index is 13.2. The summed E-state index contributed by atoms with van der Waals surface area (Å²) in [5.74, 6) is 0.620. The van der Waals surface area contributed by atoms with Gasteiger partial charge in [0, 0.05) is 0 Å². The number of urea groups is 1. The van der Waals surface area contributed by atoms with Gasteiger partial charge in [0.05, 0.1) is 17.3 Å². The number of carbonyl (C=O) groups excluding carboxylic acids is 3. The van der Waals surface area contributed by atoms with Crippen LogP contribution in [0.25, 0.3) is 6.08 Å². The minimum atomic E-state index is -0.799. The Balaban J connectivity index is 1.47. The molecule has 40 heavy (non-hydrogen) atoms. The van der Waals surface area contributed by atoms with E-state index in [1.54, 1.807) is 36.4 Å². The van der Waals surface area contributed by atoms with Crippen LogP contribution < -0.4 is 24.4 Å². The van der Waals surface area contributed by atoms with Gasteiger partial charge in [0.2, 0.25) is 0 Å². The van der Waals surface area contributed by atoms with E-state index in [0.29, 0.717) is 39.7 Å². The number of nitrogens with zero attached hydrogens (tertiary/aromatic N) is 1. The lowest BCUT2D eigenvalue weighted by molar-refractivity contribution is -0.122. The molecule has 1 unspecified atom stereocenters. The zero-order valence-electron chi connectivity index (χ0n) is 22.8. The van der Waals surface area contributed by atoms with Gasteiger partial charge >= 0.3 is 6.03 Å². The molecule has 4 rings (SSSR count). The molecule has 0 spiro atoms. The maximum atomic E-state index is 13.2. The van der Waals surface area contributed by atoms with Gasteiger partial charge in [0.25, 0.3) is 11.8 Å². The average Bonchev–Trinajstić information content (AvgIpc) is 2.94. The normalized spacial score (nSPS) is 15.2. The number of aryl methyl sites for hydroxylation is 1. The molecule has 1 fully saturated rings. The highest BCUT2D eigenvalue weighted by Crippen LogP contribution is 2.37. The lowest BCUT2D eigenvalue weighted by atomic mass is 9.99. The molecular weight excluding hydrogens is 576 g/mol. The van der Waals surface area contributed by atoms with Gasteiger partial charge in [-0.15, -0.1) is 0 Å². The molecule has 4 amide bonds. The van der Waals surface area contributed by atoms with E-state index in [9.17, 15) is 14.4 Å². The third-order valence-corrected chi connectivity index (χ3v) is 7.21. The van der Waals surface area contributed by atoms with E-state index in [4.69, 9.17) is 14.2 Å². The van der Waals surface area contributed by atoms with E-state index in [0.717, 1.165) is 22.6 Å². The van der Waals surface area contributed by atoms with Crippen LogP contribution in [0.4, 0.5) is 10.5 Å². The number of hydrogen-bond acceptors (Lipinski definition) is 6. The number of halogens is 1. The number of benzene rings is 3. The Hall–Kier alpha value is -4.11. The summed E-state index contributed by atoms with van der Waals surface area (Å²) in [6.07, 6.45) is 2.49. The highest BCUT2D eigenvalue weighted by Gasteiger charge is 2.36.